The molecule has 3 rings (SSSR count). The Kier molecular flexibility index (Phi) is 3.83. The van der Waals surface area contributed by atoms with E-state index in [2.05, 4.69) is 13.8 Å². The first-order chi connectivity index (χ1) is 11.0. The second-order valence-electron chi connectivity index (χ2n) is 8.93. The lowest BCUT2D eigenvalue weighted by molar-refractivity contribution is -0.124. The Balaban J connectivity index is 2.22. The summed E-state index contributed by atoms with van der Waals surface area (Å²) < 4.78 is 0. The Morgan fingerprint density at radius 3 is 2.29 bits per heavy atom. The topological polar surface area (TPSA) is 74.6 Å². The predicted molar refractivity (Wildman–Crippen MR) is 91.4 cm³/mol. The normalized spacial score (nSPS) is 36.1. The van der Waals surface area contributed by atoms with E-state index in [1.165, 1.54) is 0 Å². The third-order valence-electron chi connectivity index (χ3n) is 6.63. The number of rotatable bonds is 1. The number of allylic oxidation sites excluding steroid dienone is 2. The number of fused-ring (bicyclic) bond motifs is 2. The van der Waals surface area contributed by atoms with Crippen molar-refractivity contribution in [1.82, 2.24) is 0 Å². The Morgan fingerprint density at radius 2 is 1.71 bits per heavy atom. The molecule has 0 bridgehead atoms. The number of aliphatic hydroxyl groups is 2. The Bertz CT molecular complexity index is 680. The van der Waals surface area contributed by atoms with Gasteiger partial charge in [0.2, 0.25) is 5.78 Å². The van der Waals surface area contributed by atoms with Gasteiger partial charge in [0, 0.05) is 22.1 Å². The average Bonchev–Trinajstić information content (AvgIpc) is 2.45. The third kappa shape index (κ3) is 2.15. The fourth-order valence-electron chi connectivity index (χ4n) is 5.49. The van der Waals surface area contributed by atoms with E-state index in [9.17, 15) is 19.8 Å². The number of carbonyl (C=O) groups is 2. The number of hydrogen-bond acceptors (Lipinski definition) is 4. The minimum absolute atomic E-state index is 0.00645. The molecule has 3 aliphatic rings. The highest BCUT2D eigenvalue weighted by Gasteiger charge is 2.57. The Morgan fingerprint density at radius 1 is 1.08 bits per heavy atom. The van der Waals surface area contributed by atoms with Crippen LogP contribution in [0.2, 0.25) is 0 Å². The Labute approximate surface area is 143 Å². The van der Waals surface area contributed by atoms with E-state index in [0.717, 1.165) is 19.3 Å². The molecule has 4 heteroatoms. The fourth-order valence-corrected chi connectivity index (χ4v) is 5.49. The van der Waals surface area contributed by atoms with Gasteiger partial charge >= 0.3 is 0 Å². The van der Waals surface area contributed by atoms with Crippen LogP contribution in [-0.2, 0) is 9.59 Å². The molecule has 0 unspecified atom stereocenters. The molecule has 0 saturated heterocycles. The maximum Gasteiger partial charge on any atom is 0.224 e. The first-order valence-corrected chi connectivity index (χ1v) is 8.97. The lowest BCUT2D eigenvalue weighted by Crippen LogP contribution is -2.52. The average molecular weight is 332 g/mol. The molecule has 0 amide bonds. The minimum Gasteiger partial charge on any atom is -0.504 e. The molecule has 0 aliphatic heterocycles. The summed E-state index contributed by atoms with van der Waals surface area (Å²) >= 11 is 0. The molecule has 0 heterocycles. The summed E-state index contributed by atoms with van der Waals surface area (Å²) in [6, 6.07) is 0. The van der Waals surface area contributed by atoms with E-state index < -0.39 is 23.1 Å². The quantitative estimate of drug-likeness (QED) is 0.721. The summed E-state index contributed by atoms with van der Waals surface area (Å²) in [7, 11) is 0. The summed E-state index contributed by atoms with van der Waals surface area (Å²) in [5.74, 6) is -1.33. The molecule has 132 valence electrons. The van der Waals surface area contributed by atoms with Crippen LogP contribution in [0.15, 0.2) is 22.5 Å². The van der Waals surface area contributed by atoms with Crippen LogP contribution in [-0.4, -0.2) is 27.9 Å². The van der Waals surface area contributed by atoms with Crippen molar-refractivity contribution in [2.75, 3.05) is 0 Å². The van der Waals surface area contributed by atoms with Crippen molar-refractivity contribution in [2.24, 2.45) is 22.7 Å². The van der Waals surface area contributed by atoms with Gasteiger partial charge in [-0.25, -0.2) is 0 Å². The van der Waals surface area contributed by atoms with E-state index >= 15 is 0 Å². The molecule has 2 N–H and O–H groups in total. The van der Waals surface area contributed by atoms with Crippen molar-refractivity contribution in [3.8, 4) is 0 Å². The molecule has 0 radical (unpaired) electrons. The summed E-state index contributed by atoms with van der Waals surface area (Å²) in [5, 5.41) is 21.2. The largest absolute Gasteiger partial charge is 0.504 e. The zero-order valence-corrected chi connectivity index (χ0v) is 15.3. The van der Waals surface area contributed by atoms with Gasteiger partial charge in [-0.15, -0.1) is 0 Å². The smallest absolute Gasteiger partial charge is 0.224 e. The number of hydrogen-bond donors (Lipinski definition) is 2. The van der Waals surface area contributed by atoms with Crippen LogP contribution in [0.5, 0.6) is 0 Å². The first kappa shape index (κ1) is 17.4. The van der Waals surface area contributed by atoms with Crippen molar-refractivity contribution in [3.05, 3.63) is 22.5 Å². The molecule has 4 nitrogen and oxygen atoms in total. The molecule has 1 fully saturated rings. The highest BCUT2D eigenvalue weighted by atomic mass is 16.3. The van der Waals surface area contributed by atoms with Gasteiger partial charge in [-0.3, -0.25) is 9.59 Å². The molecule has 0 aromatic carbocycles. The van der Waals surface area contributed by atoms with Crippen LogP contribution >= 0.6 is 0 Å². The SMILES string of the molecule is CC(C)C1=C(O)C(=O)C2=C(C1=O)[C@H](O)C[C@H]1C(C)(C)CCC[C@]21C. The second kappa shape index (κ2) is 5.29. The molecule has 0 spiro atoms. The van der Waals surface area contributed by atoms with Gasteiger partial charge in [0.05, 0.1) is 6.10 Å². The lowest BCUT2D eigenvalue weighted by atomic mass is 9.48. The molecular weight excluding hydrogens is 304 g/mol. The summed E-state index contributed by atoms with van der Waals surface area (Å²) in [4.78, 5) is 26.0. The number of ketones is 2. The van der Waals surface area contributed by atoms with Crippen LogP contribution in [0, 0.1) is 22.7 Å². The van der Waals surface area contributed by atoms with Gasteiger partial charge < -0.3 is 10.2 Å². The van der Waals surface area contributed by atoms with Gasteiger partial charge in [-0.05, 0) is 36.5 Å². The van der Waals surface area contributed by atoms with Crippen molar-refractivity contribution in [1.29, 1.82) is 0 Å². The maximum absolute atomic E-state index is 13.0. The second-order valence-corrected chi connectivity index (χ2v) is 8.93. The van der Waals surface area contributed by atoms with E-state index in [1.807, 2.05) is 6.92 Å². The van der Waals surface area contributed by atoms with E-state index in [1.54, 1.807) is 13.8 Å². The summed E-state index contributed by atoms with van der Waals surface area (Å²) in [6.07, 6.45) is 2.43. The zero-order valence-electron chi connectivity index (χ0n) is 15.3. The molecule has 0 aromatic heterocycles. The van der Waals surface area contributed by atoms with Crippen LogP contribution in [0.1, 0.15) is 60.3 Å². The molecule has 3 atom stereocenters. The van der Waals surface area contributed by atoms with Crippen molar-refractivity contribution < 1.29 is 19.8 Å². The van der Waals surface area contributed by atoms with Crippen molar-refractivity contribution in [3.63, 3.8) is 0 Å². The highest BCUT2D eigenvalue weighted by Crippen LogP contribution is 2.60. The summed E-state index contributed by atoms with van der Waals surface area (Å²) in [6.45, 7) is 9.96. The third-order valence-corrected chi connectivity index (χ3v) is 6.63. The van der Waals surface area contributed by atoms with Gasteiger partial charge in [0.25, 0.3) is 0 Å². The van der Waals surface area contributed by atoms with E-state index in [4.69, 9.17) is 0 Å². The van der Waals surface area contributed by atoms with Crippen LogP contribution < -0.4 is 0 Å². The number of Topliss-reactive ketones (excluding diaryl/α,β-unsaturated/α-hetero) is 2. The molecular formula is C20H28O4. The summed E-state index contributed by atoms with van der Waals surface area (Å²) in [5.41, 5.74) is 0.311. The van der Waals surface area contributed by atoms with E-state index in [0.29, 0.717) is 12.0 Å². The zero-order chi connectivity index (χ0) is 18.0. The number of carbonyl (C=O) groups excluding carboxylic acids is 2. The van der Waals surface area contributed by atoms with E-state index in [-0.39, 0.29) is 34.2 Å². The lowest BCUT2D eigenvalue weighted by Gasteiger charge is -2.56. The highest BCUT2D eigenvalue weighted by molar-refractivity contribution is 6.25. The number of aliphatic hydroxyl groups excluding tert-OH is 2. The van der Waals surface area contributed by atoms with Crippen LogP contribution in [0.25, 0.3) is 0 Å². The standard InChI is InChI=1S/C20H28O4/c1-10(2)13-16(22)14-11(21)9-12-19(3,4)7-6-8-20(12,5)15(14)18(24)17(13)23/h10-12,21,23H,6-9H2,1-5H3/t11-,12+,20+/m1/s1. The maximum atomic E-state index is 13.0. The predicted octanol–water partition coefficient (Wildman–Crippen LogP) is 3.50. The Hall–Kier alpha value is -1.42. The molecule has 24 heavy (non-hydrogen) atoms. The van der Waals surface area contributed by atoms with Gasteiger partial charge in [0.15, 0.2) is 11.5 Å². The van der Waals surface area contributed by atoms with Gasteiger partial charge in [-0.2, -0.15) is 0 Å². The van der Waals surface area contributed by atoms with Crippen LogP contribution in [0.4, 0.5) is 0 Å². The van der Waals surface area contributed by atoms with Gasteiger partial charge in [-0.1, -0.05) is 41.0 Å². The van der Waals surface area contributed by atoms with Crippen molar-refractivity contribution >= 4 is 11.6 Å². The van der Waals surface area contributed by atoms with Crippen LogP contribution in [0.3, 0.4) is 0 Å². The molecule has 3 aliphatic carbocycles. The van der Waals surface area contributed by atoms with Gasteiger partial charge in [0.1, 0.15) is 0 Å². The minimum atomic E-state index is -0.922. The van der Waals surface area contributed by atoms with Crippen molar-refractivity contribution in [2.45, 2.75) is 66.4 Å². The monoisotopic (exact) mass is 332 g/mol. The first-order valence-electron chi connectivity index (χ1n) is 8.97. The fraction of sp³-hybridized carbons (Fsp3) is 0.700. The molecule has 0 aromatic rings. The molecule has 1 saturated carbocycles.